The molecule has 0 saturated heterocycles. The minimum absolute atomic E-state index is 0.0283. The first-order valence-corrected chi connectivity index (χ1v) is 8.70. The van der Waals surface area contributed by atoms with Gasteiger partial charge in [-0.25, -0.2) is 4.79 Å². The number of nitrogens with two attached hydrogens (primary N) is 1. The Kier molecular flexibility index (Phi) is 12.0. The maximum absolute atomic E-state index is 12.0. The van der Waals surface area contributed by atoms with E-state index in [0.717, 1.165) is 19.3 Å². The maximum atomic E-state index is 12.0. The lowest BCUT2D eigenvalue weighted by atomic mass is 10.00. The van der Waals surface area contributed by atoms with E-state index in [4.69, 9.17) is 10.8 Å². The number of hydrogen-bond donors (Lipinski definition) is 3. The van der Waals surface area contributed by atoms with Gasteiger partial charge < -0.3 is 16.2 Å². The number of unbranched alkanes of at least 4 members (excludes halogenated alkanes) is 6. The number of carbonyl (C=O) groups is 3. The van der Waals surface area contributed by atoms with E-state index < -0.39 is 17.9 Å². The Hall–Kier alpha value is -1.59. The van der Waals surface area contributed by atoms with Crippen molar-refractivity contribution in [3.05, 3.63) is 0 Å². The third kappa shape index (κ3) is 11.6. The standard InChI is InChI=1S/C17H32N2O4/c1-3-4-5-6-7-8-9-10-13(2)16(21)19-14(17(22)23)11-12-15(18)20/h13-14H,3-12H2,1-2H3,(H2,18,20)(H,19,21)(H,22,23)/t13?,14-/m0/s1. The van der Waals surface area contributed by atoms with Crippen molar-refractivity contribution in [2.24, 2.45) is 11.7 Å². The lowest BCUT2D eigenvalue weighted by Gasteiger charge is -2.17. The Morgan fingerprint density at radius 2 is 1.57 bits per heavy atom. The highest BCUT2D eigenvalue weighted by molar-refractivity contribution is 5.85. The fourth-order valence-electron chi connectivity index (χ4n) is 2.40. The zero-order valence-corrected chi connectivity index (χ0v) is 14.5. The largest absolute Gasteiger partial charge is 0.480 e. The normalized spacial score (nSPS) is 13.3. The van der Waals surface area contributed by atoms with Crippen molar-refractivity contribution in [2.45, 2.75) is 84.1 Å². The number of amides is 2. The molecule has 4 N–H and O–H groups in total. The summed E-state index contributed by atoms with van der Waals surface area (Å²) in [6.45, 7) is 3.99. The summed E-state index contributed by atoms with van der Waals surface area (Å²) in [5, 5.41) is 11.6. The van der Waals surface area contributed by atoms with Gasteiger partial charge in [0.05, 0.1) is 0 Å². The molecule has 6 nitrogen and oxygen atoms in total. The van der Waals surface area contributed by atoms with Gasteiger partial charge in [-0.05, 0) is 12.8 Å². The van der Waals surface area contributed by atoms with Crippen molar-refractivity contribution < 1.29 is 19.5 Å². The SMILES string of the molecule is CCCCCCCCCC(C)C(=O)N[C@@H](CCC(N)=O)C(=O)O. The van der Waals surface area contributed by atoms with Gasteiger partial charge in [0.15, 0.2) is 0 Å². The molecule has 0 aromatic rings. The first-order valence-electron chi connectivity index (χ1n) is 8.70. The maximum Gasteiger partial charge on any atom is 0.326 e. The fourth-order valence-corrected chi connectivity index (χ4v) is 2.40. The van der Waals surface area contributed by atoms with E-state index in [1.165, 1.54) is 32.1 Å². The molecule has 1 unspecified atom stereocenters. The summed E-state index contributed by atoms with van der Waals surface area (Å²) in [7, 11) is 0. The summed E-state index contributed by atoms with van der Waals surface area (Å²) in [5.74, 6) is -2.20. The van der Waals surface area contributed by atoms with E-state index in [1.54, 1.807) is 6.92 Å². The van der Waals surface area contributed by atoms with Gasteiger partial charge in [-0.1, -0.05) is 58.8 Å². The first kappa shape index (κ1) is 21.4. The van der Waals surface area contributed by atoms with E-state index in [2.05, 4.69) is 12.2 Å². The minimum atomic E-state index is -1.14. The van der Waals surface area contributed by atoms with Gasteiger partial charge in [-0.15, -0.1) is 0 Å². The number of carboxylic acid groups (broad SMARTS) is 1. The van der Waals surface area contributed by atoms with Crippen molar-refractivity contribution >= 4 is 17.8 Å². The van der Waals surface area contributed by atoms with Gasteiger partial charge in [0.25, 0.3) is 0 Å². The number of nitrogens with one attached hydrogen (secondary N) is 1. The number of rotatable bonds is 14. The van der Waals surface area contributed by atoms with Crippen LogP contribution in [0.3, 0.4) is 0 Å². The molecule has 0 aliphatic carbocycles. The van der Waals surface area contributed by atoms with Crippen molar-refractivity contribution in [3.8, 4) is 0 Å². The van der Waals surface area contributed by atoms with Crippen LogP contribution in [-0.2, 0) is 14.4 Å². The number of hydrogen-bond acceptors (Lipinski definition) is 3. The molecule has 2 amide bonds. The van der Waals surface area contributed by atoms with E-state index >= 15 is 0 Å². The van der Waals surface area contributed by atoms with Gasteiger partial charge in [0.2, 0.25) is 11.8 Å². The van der Waals surface area contributed by atoms with Crippen LogP contribution in [0, 0.1) is 5.92 Å². The predicted octanol–water partition coefficient (Wildman–Crippen LogP) is 2.60. The molecule has 2 atom stereocenters. The van der Waals surface area contributed by atoms with Crippen LogP contribution in [0.1, 0.15) is 78.1 Å². The van der Waals surface area contributed by atoms with Crippen LogP contribution in [-0.4, -0.2) is 28.9 Å². The Morgan fingerprint density at radius 1 is 1.00 bits per heavy atom. The predicted molar refractivity (Wildman–Crippen MR) is 89.8 cm³/mol. The van der Waals surface area contributed by atoms with E-state index in [-0.39, 0.29) is 24.7 Å². The second kappa shape index (κ2) is 12.9. The molecule has 0 aromatic heterocycles. The number of carboxylic acids is 1. The van der Waals surface area contributed by atoms with Crippen molar-refractivity contribution in [2.75, 3.05) is 0 Å². The van der Waals surface area contributed by atoms with Crippen molar-refractivity contribution in [1.29, 1.82) is 0 Å². The third-order valence-corrected chi connectivity index (χ3v) is 3.98. The van der Waals surface area contributed by atoms with Gasteiger partial charge in [0, 0.05) is 12.3 Å². The molecule has 0 rings (SSSR count). The van der Waals surface area contributed by atoms with Crippen LogP contribution < -0.4 is 11.1 Å². The Bertz CT molecular complexity index is 372. The topological polar surface area (TPSA) is 109 Å². The van der Waals surface area contributed by atoms with Crippen LogP contribution in [0.25, 0.3) is 0 Å². The number of carbonyl (C=O) groups excluding carboxylic acids is 2. The van der Waals surface area contributed by atoms with E-state index in [1.807, 2.05) is 0 Å². The number of primary amides is 1. The molecule has 0 spiro atoms. The molecular formula is C17H32N2O4. The molecule has 134 valence electrons. The van der Waals surface area contributed by atoms with Gasteiger partial charge in [-0.3, -0.25) is 9.59 Å². The number of aliphatic carboxylic acids is 1. The van der Waals surface area contributed by atoms with E-state index in [9.17, 15) is 14.4 Å². The van der Waals surface area contributed by atoms with E-state index in [0.29, 0.717) is 0 Å². The average molecular weight is 328 g/mol. The highest BCUT2D eigenvalue weighted by atomic mass is 16.4. The quantitative estimate of drug-likeness (QED) is 0.426. The van der Waals surface area contributed by atoms with Gasteiger partial charge in [0.1, 0.15) is 6.04 Å². The van der Waals surface area contributed by atoms with Gasteiger partial charge >= 0.3 is 5.97 Å². The van der Waals surface area contributed by atoms with Crippen LogP contribution in [0.2, 0.25) is 0 Å². The summed E-state index contributed by atoms with van der Waals surface area (Å²) in [5.41, 5.74) is 5.01. The summed E-state index contributed by atoms with van der Waals surface area (Å²) in [6.07, 6.45) is 9.01. The van der Waals surface area contributed by atoms with Crippen molar-refractivity contribution in [1.82, 2.24) is 5.32 Å². The molecule has 0 aromatic carbocycles. The average Bonchev–Trinajstić information content (AvgIpc) is 2.49. The smallest absolute Gasteiger partial charge is 0.326 e. The lowest BCUT2D eigenvalue weighted by Crippen LogP contribution is -2.43. The molecular weight excluding hydrogens is 296 g/mol. The van der Waals surface area contributed by atoms with Crippen LogP contribution in [0.15, 0.2) is 0 Å². The van der Waals surface area contributed by atoms with Crippen LogP contribution in [0.5, 0.6) is 0 Å². The molecule has 0 aliphatic rings. The Labute approximate surface area is 139 Å². The zero-order chi connectivity index (χ0) is 17.7. The molecule has 0 saturated carbocycles. The molecule has 0 radical (unpaired) electrons. The molecule has 0 heterocycles. The monoisotopic (exact) mass is 328 g/mol. The Morgan fingerprint density at radius 3 is 2.09 bits per heavy atom. The molecule has 23 heavy (non-hydrogen) atoms. The lowest BCUT2D eigenvalue weighted by molar-refractivity contribution is -0.142. The molecule has 0 fully saturated rings. The second-order valence-electron chi connectivity index (χ2n) is 6.22. The summed E-state index contributed by atoms with van der Waals surface area (Å²) < 4.78 is 0. The second-order valence-corrected chi connectivity index (χ2v) is 6.22. The minimum Gasteiger partial charge on any atom is -0.480 e. The van der Waals surface area contributed by atoms with Gasteiger partial charge in [-0.2, -0.15) is 0 Å². The summed E-state index contributed by atoms with van der Waals surface area (Å²) in [4.78, 5) is 33.8. The third-order valence-electron chi connectivity index (χ3n) is 3.98. The van der Waals surface area contributed by atoms with Crippen molar-refractivity contribution in [3.63, 3.8) is 0 Å². The molecule has 6 heteroatoms. The summed E-state index contributed by atoms with van der Waals surface area (Å²) in [6, 6.07) is -1.05. The molecule has 0 bridgehead atoms. The molecule has 0 aliphatic heterocycles. The zero-order valence-electron chi connectivity index (χ0n) is 14.5. The highest BCUT2D eigenvalue weighted by Gasteiger charge is 2.23. The Balaban J connectivity index is 3.97. The summed E-state index contributed by atoms with van der Waals surface area (Å²) >= 11 is 0. The van der Waals surface area contributed by atoms with Crippen LogP contribution >= 0.6 is 0 Å². The first-order chi connectivity index (χ1) is 10.9. The van der Waals surface area contributed by atoms with Crippen LogP contribution in [0.4, 0.5) is 0 Å². The highest BCUT2D eigenvalue weighted by Crippen LogP contribution is 2.13. The fraction of sp³-hybridized carbons (Fsp3) is 0.824.